The topological polar surface area (TPSA) is 70.8 Å². The SMILES string of the molecule is Cc1nnc(-n2c[n+]([O-])c3cc(F)ccc32)o1. The predicted molar refractivity (Wildman–Crippen MR) is 54.8 cm³/mol. The molecule has 0 aliphatic heterocycles. The van der Waals surface area contributed by atoms with E-state index in [0.717, 1.165) is 6.07 Å². The Morgan fingerprint density at radius 2 is 2.24 bits per heavy atom. The number of aromatic nitrogens is 4. The molecule has 0 N–H and O–H groups in total. The highest BCUT2D eigenvalue weighted by molar-refractivity contribution is 5.73. The average molecular weight is 234 g/mol. The van der Waals surface area contributed by atoms with Gasteiger partial charge in [0.2, 0.25) is 5.89 Å². The van der Waals surface area contributed by atoms with Gasteiger partial charge in [0.1, 0.15) is 5.82 Å². The molecule has 2 aromatic heterocycles. The molecule has 1 aromatic carbocycles. The summed E-state index contributed by atoms with van der Waals surface area (Å²) in [6.07, 6.45) is 1.22. The molecular formula is C10H7FN4O2. The molecule has 86 valence electrons. The summed E-state index contributed by atoms with van der Waals surface area (Å²) in [7, 11) is 0. The molecule has 0 radical (unpaired) electrons. The fraction of sp³-hybridized carbons (Fsp3) is 0.100. The van der Waals surface area contributed by atoms with Crippen molar-refractivity contribution in [1.82, 2.24) is 14.8 Å². The van der Waals surface area contributed by atoms with E-state index in [4.69, 9.17) is 4.42 Å². The number of hydrogen-bond donors (Lipinski definition) is 0. The standard InChI is InChI=1S/C10H7FN4O2/c1-6-12-13-10(17-6)14-5-15(16)9-4-7(11)2-3-8(9)14/h2-5H,1H3. The van der Waals surface area contributed by atoms with Gasteiger partial charge >= 0.3 is 6.01 Å². The van der Waals surface area contributed by atoms with Crippen LogP contribution in [0.1, 0.15) is 5.89 Å². The summed E-state index contributed by atoms with van der Waals surface area (Å²) in [5.74, 6) is -0.0806. The Morgan fingerprint density at radius 3 is 2.94 bits per heavy atom. The van der Waals surface area contributed by atoms with E-state index in [1.54, 1.807) is 6.92 Å². The van der Waals surface area contributed by atoms with E-state index < -0.39 is 5.82 Å². The highest BCUT2D eigenvalue weighted by atomic mass is 19.1. The van der Waals surface area contributed by atoms with Crippen LogP contribution in [0.2, 0.25) is 0 Å². The van der Waals surface area contributed by atoms with Gasteiger partial charge in [0.05, 0.1) is 0 Å². The van der Waals surface area contributed by atoms with Crippen LogP contribution in [0.5, 0.6) is 0 Å². The molecule has 0 bridgehead atoms. The fourth-order valence-corrected chi connectivity index (χ4v) is 1.64. The van der Waals surface area contributed by atoms with Crippen LogP contribution >= 0.6 is 0 Å². The third kappa shape index (κ3) is 1.43. The zero-order chi connectivity index (χ0) is 12.0. The third-order valence-corrected chi connectivity index (χ3v) is 2.38. The van der Waals surface area contributed by atoms with Gasteiger partial charge in [-0.25, -0.2) is 9.12 Å². The number of rotatable bonds is 1. The lowest BCUT2D eigenvalue weighted by molar-refractivity contribution is -0.577. The van der Waals surface area contributed by atoms with E-state index in [1.165, 1.54) is 23.0 Å². The largest absolute Gasteiger partial charge is 0.710 e. The molecule has 6 nitrogen and oxygen atoms in total. The van der Waals surface area contributed by atoms with Crippen molar-refractivity contribution in [2.75, 3.05) is 0 Å². The number of hydrogen-bond acceptors (Lipinski definition) is 4. The smallest absolute Gasteiger partial charge is 0.421 e. The maximum Gasteiger partial charge on any atom is 0.421 e. The molecule has 0 spiro atoms. The molecule has 0 aliphatic rings. The summed E-state index contributed by atoms with van der Waals surface area (Å²) < 4.78 is 20.2. The molecule has 0 unspecified atom stereocenters. The Kier molecular flexibility index (Phi) is 1.88. The summed E-state index contributed by atoms with van der Waals surface area (Å²) in [5, 5.41) is 19.0. The normalized spacial score (nSPS) is 11.2. The van der Waals surface area contributed by atoms with Crippen LogP contribution in [0.25, 0.3) is 17.0 Å². The average Bonchev–Trinajstić information content (AvgIpc) is 2.84. The van der Waals surface area contributed by atoms with Gasteiger partial charge in [0, 0.05) is 13.0 Å². The van der Waals surface area contributed by atoms with Crippen molar-refractivity contribution in [1.29, 1.82) is 0 Å². The van der Waals surface area contributed by atoms with Crippen molar-refractivity contribution in [3.8, 4) is 6.01 Å². The van der Waals surface area contributed by atoms with Gasteiger partial charge in [-0.3, -0.25) is 0 Å². The zero-order valence-electron chi connectivity index (χ0n) is 8.79. The van der Waals surface area contributed by atoms with Crippen LogP contribution in [0.15, 0.2) is 28.9 Å². The maximum atomic E-state index is 13.0. The molecule has 0 saturated heterocycles. The van der Waals surface area contributed by atoms with Crippen molar-refractivity contribution < 1.29 is 13.5 Å². The van der Waals surface area contributed by atoms with Crippen LogP contribution < -0.4 is 4.73 Å². The van der Waals surface area contributed by atoms with Gasteiger partial charge < -0.3 is 9.62 Å². The minimum atomic E-state index is -0.471. The monoisotopic (exact) mass is 234 g/mol. The van der Waals surface area contributed by atoms with Gasteiger partial charge in [-0.15, -0.1) is 9.67 Å². The van der Waals surface area contributed by atoms with E-state index in [9.17, 15) is 9.60 Å². The lowest BCUT2D eigenvalue weighted by Gasteiger charge is -1.94. The maximum absolute atomic E-state index is 13.0. The van der Waals surface area contributed by atoms with Gasteiger partial charge in [0.25, 0.3) is 6.33 Å². The predicted octanol–water partition coefficient (Wildman–Crippen LogP) is 1.09. The molecule has 3 aromatic rings. The summed E-state index contributed by atoms with van der Waals surface area (Å²) in [6.45, 7) is 1.65. The van der Waals surface area contributed by atoms with Gasteiger partial charge in [-0.1, -0.05) is 5.10 Å². The molecule has 0 amide bonds. The van der Waals surface area contributed by atoms with E-state index in [2.05, 4.69) is 10.2 Å². The van der Waals surface area contributed by atoms with Crippen molar-refractivity contribution in [2.24, 2.45) is 0 Å². The first-order valence-electron chi connectivity index (χ1n) is 4.85. The Hall–Kier alpha value is -2.44. The van der Waals surface area contributed by atoms with Crippen LogP contribution in [-0.4, -0.2) is 14.8 Å². The van der Waals surface area contributed by atoms with Crippen molar-refractivity contribution in [3.05, 3.63) is 41.4 Å². The summed E-state index contributed by atoms with van der Waals surface area (Å²) >= 11 is 0. The Labute approximate surface area is 94.5 Å². The molecule has 2 heterocycles. The second kappa shape index (κ2) is 3.27. The second-order valence-electron chi connectivity index (χ2n) is 3.55. The Bertz CT molecular complexity index is 703. The van der Waals surface area contributed by atoms with Gasteiger partial charge in [-0.05, 0) is 12.1 Å². The van der Waals surface area contributed by atoms with Crippen molar-refractivity contribution in [2.45, 2.75) is 6.92 Å². The number of imidazole rings is 1. The molecule has 7 heteroatoms. The third-order valence-electron chi connectivity index (χ3n) is 2.38. The number of halogens is 1. The fourth-order valence-electron chi connectivity index (χ4n) is 1.64. The molecule has 3 rings (SSSR count). The minimum Gasteiger partial charge on any atom is -0.710 e. The first-order chi connectivity index (χ1) is 8.15. The van der Waals surface area contributed by atoms with Crippen LogP contribution in [0, 0.1) is 17.9 Å². The Balaban J connectivity index is 2.31. The minimum absolute atomic E-state index is 0.175. The summed E-state index contributed by atoms with van der Waals surface area (Å²) in [5.41, 5.74) is 0.714. The molecule has 0 atom stereocenters. The van der Waals surface area contributed by atoms with Crippen molar-refractivity contribution >= 4 is 11.0 Å². The molecule has 0 fully saturated rings. The van der Waals surface area contributed by atoms with Crippen LogP contribution in [-0.2, 0) is 0 Å². The quantitative estimate of drug-likeness (QED) is 0.467. The molecule has 17 heavy (non-hydrogen) atoms. The number of nitrogens with zero attached hydrogens (tertiary/aromatic N) is 4. The Morgan fingerprint density at radius 1 is 1.41 bits per heavy atom. The number of fused-ring (bicyclic) bond motifs is 1. The van der Waals surface area contributed by atoms with Crippen LogP contribution in [0.4, 0.5) is 4.39 Å². The number of aryl methyl sites for hydroxylation is 1. The first kappa shape index (κ1) is 9.76. The van der Waals surface area contributed by atoms with E-state index in [1.807, 2.05) is 0 Å². The van der Waals surface area contributed by atoms with E-state index >= 15 is 0 Å². The lowest BCUT2D eigenvalue weighted by atomic mass is 10.3. The van der Waals surface area contributed by atoms with Crippen LogP contribution in [0.3, 0.4) is 0 Å². The first-order valence-corrected chi connectivity index (χ1v) is 4.85. The number of benzene rings is 1. The highest BCUT2D eigenvalue weighted by Gasteiger charge is 2.19. The summed E-state index contributed by atoms with van der Waals surface area (Å²) in [4.78, 5) is 0. The lowest BCUT2D eigenvalue weighted by Crippen LogP contribution is -2.23. The second-order valence-corrected chi connectivity index (χ2v) is 3.55. The van der Waals surface area contributed by atoms with Gasteiger partial charge in [0.15, 0.2) is 11.0 Å². The van der Waals surface area contributed by atoms with E-state index in [-0.39, 0.29) is 11.5 Å². The van der Waals surface area contributed by atoms with E-state index in [0.29, 0.717) is 16.1 Å². The van der Waals surface area contributed by atoms with Crippen molar-refractivity contribution in [3.63, 3.8) is 0 Å². The zero-order valence-corrected chi connectivity index (χ0v) is 8.79. The van der Waals surface area contributed by atoms with Gasteiger partial charge in [-0.2, -0.15) is 0 Å². The molecule has 0 aliphatic carbocycles. The molecule has 0 saturated carbocycles. The molecular weight excluding hydrogens is 227 g/mol. The highest BCUT2D eigenvalue weighted by Crippen LogP contribution is 2.16. The summed E-state index contributed by atoms with van der Waals surface area (Å²) in [6, 6.07) is 4.08.